The summed E-state index contributed by atoms with van der Waals surface area (Å²) in [6.45, 7) is 2.29. The van der Waals surface area contributed by atoms with E-state index in [4.69, 9.17) is 0 Å². The Kier molecular flexibility index (Phi) is 3.20. The average Bonchev–Trinajstić information content (AvgIpc) is 2.30. The zero-order chi connectivity index (χ0) is 10.7. The SMILES string of the molecule is CC(c1ccccc1)C1CCC(=O)CC1. The Morgan fingerprint density at radius 3 is 2.33 bits per heavy atom. The van der Waals surface area contributed by atoms with Crippen molar-refractivity contribution in [1.29, 1.82) is 0 Å². The van der Waals surface area contributed by atoms with Crippen LogP contribution >= 0.6 is 0 Å². The highest BCUT2D eigenvalue weighted by Gasteiger charge is 2.24. The molecular weight excluding hydrogens is 184 g/mol. The molecule has 0 heterocycles. The maximum atomic E-state index is 11.2. The molecule has 0 aliphatic heterocycles. The van der Waals surface area contributed by atoms with Crippen molar-refractivity contribution in [2.75, 3.05) is 0 Å². The Labute approximate surface area is 91.5 Å². The quantitative estimate of drug-likeness (QED) is 0.716. The predicted octanol–water partition coefficient (Wildman–Crippen LogP) is 3.55. The molecule has 1 unspecified atom stereocenters. The first-order valence-corrected chi connectivity index (χ1v) is 5.84. The highest BCUT2D eigenvalue weighted by Crippen LogP contribution is 2.34. The van der Waals surface area contributed by atoms with E-state index in [1.54, 1.807) is 0 Å². The summed E-state index contributed by atoms with van der Waals surface area (Å²) in [6, 6.07) is 10.6. The van der Waals surface area contributed by atoms with Gasteiger partial charge in [-0.05, 0) is 30.2 Å². The fourth-order valence-corrected chi connectivity index (χ4v) is 2.49. The van der Waals surface area contributed by atoms with Crippen molar-refractivity contribution in [1.82, 2.24) is 0 Å². The van der Waals surface area contributed by atoms with Crippen LogP contribution in [0, 0.1) is 5.92 Å². The van der Waals surface area contributed by atoms with E-state index in [9.17, 15) is 4.79 Å². The highest BCUT2D eigenvalue weighted by molar-refractivity contribution is 5.79. The summed E-state index contributed by atoms with van der Waals surface area (Å²) < 4.78 is 0. The zero-order valence-corrected chi connectivity index (χ0v) is 9.28. The monoisotopic (exact) mass is 202 g/mol. The topological polar surface area (TPSA) is 17.1 Å². The Hall–Kier alpha value is -1.11. The molecule has 80 valence electrons. The van der Waals surface area contributed by atoms with E-state index < -0.39 is 0 Å². The number of carbonyl (C=O) groups is 1. The van der Waals surface area contributed by atoms with Crippen LogP contribution < -0.4 is 0 Å². The Morgan fingerprint density at radius 2 is 1.73 bits per heavy atom. The maximum Gasteiger partial charge on any atom is 0.132 e. The van der Waals surface area contributed by atoms with Crippen molar-refractivity contribution in [3.05, 3.63) is 35.9 Å². The van der Waals surface area contributed by atoms with E-state index in [2.05, 4.69) is 37.3 Å². The number of benzene rings is 1. The smallest absolute Gasteiger partial charge is 0.132 e. The van der Waals surface area contributed by atoms with E-state index in [1.165, 1.54) is 5.56 Å². The predicted molar refractivity (Wildman–Crippen MR) is 61.8 cm³/mol. The molecule has 0 amide bonds. The zero-order valence-electron chi connectivity index (χ0n) is 9.28. The molecule has 1 aliphatic rings. The molecule has 0 saturated heterocycles. The number of Topliss-reactive ketones (excluding diaryl/α,β-unsaturated/α-hetero) is 1. The lowest BCUT2D eigenvalue weighted by Gasteiger charge is -2.27. The van der Waals surface area contributed by atoms with Gasteiger partial charge >= 0.3 is 0 Å². The molecule has 0 aromatic heterocycles. The molecular formula is C14H18O. The fourth-order valence-electron chi connectivity index (χ4n) is 2.49. The van der Waals surface area contributed by atoms with Gasteiger partial charge in [0.15, 0.2) is 0 Å². The first-order valence-electron chi connectivity index (χ1n) is 5.84. The second-order valence-electron chi connectivity index (χ2n) is 4.58. The molecule has 1 aromatic carbocycles. The van der Waals surface area contributed by atoms with Gasteiger partial charge in [0.05, 0.1) is 0 Å². The van der Waals surface area contributed by atoms with Crippen LogP contribution in [0.3, 0.4) is 0 Å². The van der Waals surface area contributed by atoms with Gasteiger partial charge in [-0.2, -0.15) is 0 Å². The van der Waals surface area contributed by atoms with Gasteiger partial charge in [-0.15, -0.1) is 0 Å². The summed E-state index contributed by atoms with van der Waals surface area (Å²) in [5, 5.41) is 0. The van der Waals surface area contributed by atoms with Gasteiger partial charge in [0.1, 0.15) is 5.78 Å². The second-order valence-corrected chi connectivity index (χ2v) is 4.58. The maximum absolute atomic E-state index is 11.2. The van der Waals surface area contributed by atoms with Gasteiger partial charge in [0.25, 0.3) is 0 Å². The summed E-state index contributed by atoms with van der Waals surface area (Å²) in [4.78, 5) is 11.2. The fraction of sp³-hybridized carbons (Fsp3) is 0.500. The Balaban J connectivity index is 2.02. The minimum Gasteiger partial charge on any atom is -0.300 e. The average molecular weight is 202 g/mol. The molecule has 1 heteroatoms. The molecule has 1 nitrogen and oxygen atoms in total. The van der Waals surface area contributed by atoms with Crippen molar-refractivity contribution in [2.45, 2.75) is 38.5 Å². The van der Waals surface area contributed by atoms with Gasteiger partial charge in [-0.25, -0.2) is 0 Å². The summed E-state index contributed by atoms with van der Waals surface area (Å²) in [5.74, 6) is 1.75. The Bertz CT molecular complexity index is 318. The van der Waals surface area contributed by atoms with Crippen LogP contribution in [0.15, 0.2) is 30.3 Å². The van der Waals surface area contributed by atoms with Crippen LogP contribution in [0.4, 0.5) is 0 Å². The lowest BCUT2D eigenvalue weighted by atomic mass is 9.77. The number of carbonyl (C=O) groups excluding carboxylic acids is 1. The van der Waals surface area contributed by atoms with Crippen LogP contribution in [-0.2, 0) is 4.79 Å². The molecule has 1 aliphatic carbocycles. The lowest BCUT2D eigenvalue weighted by molar-refractivity contribution is -0.121. The van der Waals surface area contributed by atoms with Crippen LogP contribution in [0.1, 0.15) is 44.1 Å². The van der Waals surface area contributed by atoms with E-state index in [-0.39, 0.29) is 0 Å². The van der Waals surface area contributed by atoms with E-state index in [1.807, 2.05) is 0 Å². The van der Waals surface area contributed by atoms with Crippen LogP contribution in [0.5, 0.6) is 0 Å². The second kappa shape index (κ2) is 4.61. The van der Waals surface area contributed by atoms with E-state index in [0.717, 1.165) is 25.7 Å². The molecule has 0 spiro atoms. The van der Waals surface area contributed by atoms with Crippen LogP contribution in [-0.4, -0.2) is 5.78 Å². The minimum absolute atomic E-state index is 0.450. The molecule has 1 saturated carbocycles. The van der Waals surface area contributed by atoms with Crippen molar-refractivity contribution in [3.63, 3.8) is 0 Å². The number of ketones is 1. The first-order chi connectivity index (χ1) is 7.27. The Morgan fingerprint density at radius 1 is 1.13 bits per heavy atom. The number of hydrogen-bond donors (Lipinski definition) is 0. The van der Waals surface area contributed by atoms with Crippen molar-refractivity contribution in [2.24, 2.45) is 5.92 Å². The molecule has 1 aromatic rings. The standard InChI is InChI=1S/C14H18O/c1-11(12-5-3-2-4-6-12)13-7-9-14(15)10-8-13/h2-6,11,13H,7-10H2,1H3. The largest absolute Gasteiger partial charge is 0.300 e. The van der Waals surface area contributed by atoms with Gasteiger partial charge < -0.3 is 0 Å². The van der Waals surface area contributed by atoms with Gasteiger partial charge in [0, 0.05) is 12.8 Å². The first kappa shape index (κ1) is 10.4. The summed E-state index contributed by atoms with van der Waals surface area (Å²) >= 11 is 0. The summed E-state index contributed by atoms with van der Waals surface area (Å²) in [5.41, 5.74) is 1.41. The lowest BCUT2D eigenvalue weighted by Crippen LogP contribution is -2.18. The number of rotatable bonds is 2. The molecule has 2 rings (SSSR count). The third kappa shape index (κ3) is 2.47. The molecule has 0 bridgehead atoms. The third-order valence-corrected chi connectivity index (χ3v) is 3.62. The van der Waals surface area contributed by atoms with Gasteiger partial charge in [0.2, 0.25) is 0 Å². The summed E-state index contributed by atoms with van der Waals surface area (Å²) in [6.07, 6.45) is 3.74. The summed E-state index contributed by atoms with van der Waals surface area (Å²) in [7, 11) is 0. The van der Waals surface area contributed by atoms with Crippen LogP contribution in [0.25, 0.3) is 0 Å². The molecule has 0 N–H and O–H groups in total. The molecule has 1 atom stereocenters. The van der Waals surface area contributed by atoms with Gasteiger partial charge in [-0.3, -0.25) is 4.79 Å². The normalized spacial score (nSPS) is 20.2. The third-order valence-electron chi connectivity index (χ3n) is 3.62. The molecule has 1 fully saturated rings. The number of hydrogen-bond acceptors (Lipinski definition) is 1. The van der Waals surface area contributed by atoms with Crippen molar-refractivity contribution >= 4 is 5.78 Å². The van der Waals surface area contributed by atoms with Gasteiger partial charge in [-0.1, -0.05) is 37.3 Å². The van der Waals surface area contributed by atoms with E-state index in [0.29, 0.717) is 17.6 Å². The molecule has 0 radical (unpaired) electrons. The highest BCUT2D eigenvalue weighted by atomic mass is 16.1. The van der Waals surface area contributed by atoms with Crippen LogP contribution in [0.2, 0.25) is 0 Å². The molecule has 15 heavy (non-hydrogen) atoms. The van der Waals surface area contributed by atoms with E-state index >= 15 is 0 Å². The minimum atomic E-state index is 0.450. The van der Waals surface area contributed by atoms with Crippen molar-refractivity contribution < 1.29 is 4.79 Å². The van der Waals surface area contributed by atoms with Crippen molar-refractivity contribution in [3.8, 4) is 0 Å².